The topological polar surface area (TPSA) is 85.8 Å². The van der Waals surface area contributed by atoms with E-state index >= 15 is 0 Å². The van der Waals surface area contributed by atoms with Crippen LogP contribution in [0, 0.1) is 0 Å². The highest BCUT2D eigenvalue weighted by atomic mass is 32.2. The normalized spacial score (nSPS) is 16.5. The number of rotatable bonds is 9. The number of aromatic nitrogens is 1. The number of aliphatic hydroxyl groups excluding tert-OH is 1. The zero-order valence-electron chi connectivity index (χ0n) is 17.8. The summed E-state index contributed by atoms with van der Waals surface area (Å²) in [7, 11) is 0. The Morgan fingerprint density at radius 2 is 1.87 bits per heavy atom. The van der Waals surface area contributed by atoms with Crippen LogP contribution in [0.25, 0.3) is 0 Å². The summed E-state index contributed by atoms with van der Waals surface area (Å²) in [6, 6.07) is 12.5. The van der Waals surface area contributed by atoms with Gasteiger partial charge in [0, 0.05) is 50.9 Å². The summed E-state index contributed by atoms with van der Waals surface area (Å²) >= 11 is 1.53. The number of carbonyl (C=O) groups excluding carboxylic acids is 2. The number of pyridine rings is 1. The quantitative estimate of drug-likeness (QED) is 0.616. The van der Waals surface area contributed by atoms with Crippen molar-refractivity contribution in [3.8, 4) is 0 Å². The molecule has 3 rings (SSSR count). The first-order chi connectivity index (χ1) is 15.1. The van der Waals surface area contributed by atoms with Crippen molar-refractivity contribution >= 4 is 23.6 Å². The fraction of sp³-hybridized carbons (Fsp3) is 0.435. The van der Waals surface area contributed by atoms with Crippen molar-refractivity contribution in [2.24, 2.45) is 0 Å². The molecule has 1 aromatic heterocycles. The first-order valence-corrected chi connectivity index (χ1v) is 11.9. The molecular formula is C23H30N4O3S. The molecular weight excluding hydrogens is 412 g/mol. The summed E-state index contributed by atoms with van der Waals surface area (Å²) in [5.74, 6) is 0.193. The first-order valence-electron chi connectivity index (χ1n) is 10.5. The van der Waals surface area contributed by atoms with Crippen molar-refractivity contribution in [3.63, 3.8) is 0 Å². The van der Waals surface area contributed by atoms with Crippen molar-refractivity contribution < 1.29 is 14.7 Å². The lowest BCUT2D eigenvalue weighted by atomic mass is 10.1. The second kappa shape index (κ2) is 11.8. The second-order valence-corrected chi connectivity index (χ2v) is 8.52. The number of hydrogen-bond acceptors (Lipinski definition) is 6. The number of nitrogens with zero attached hydrogens (tertiary/aromatic N) is 3. The maximum Gasteiger partial charge on any atom is 0.253 e. The van der Waals surface area contributed by atoms with Crippen LogP contribution in [0.2, 0.25) is 0 Å². The maximum absolute atomic E-state index is 13.0. The third kappa shape index (κ3) is 6.78. The zero-order valence-corrected chi connectivity index (χ0v) is 18.6. The standard InChI is InChI=1S/C23H30N4O3S/c1-31-17-20(25-22(29)19-8-5-10-24-16-19)23(30)27-14-12-26(13-15-27)11-9-21(28)18-6-3-2-4-7-18/h2-8,10,16,20-21,28H,9,11-15,17H2,1H3,(H,25,29)/t20-,21?/m0/s1. The van der Waals surface area contributed by atoms with Crippen LogP contribution in [-0.2, 0) is 4.79 Å². The van der Waals surface area contributed by atoms with Crippen LogP contribution >= 0.6 is 11.8 Å². The van der Waals surface area contributed by atoms with Crippen LogP contribution in [0.4, 0.5) is 0 Å². The highest BCUT2D eigenvalue weighted by molar-refractivity contribution is 7.98. The molecule has 0 radical (unpaired) electrons. The Labute approximate surface area is 187 Å². The molecule has 31 heavy (non-hydrogen) atoms. The predicted molar refractivity (Wildman–Crippen MR) is 123 cm³/mol. The third-order valence-electron chi connectivity index (χ3n) is 5.45. The molecule has 0 saturated carbocycles. The van der Waals surface area contributed by atoms with Crippen LogP contribution < -0.4 is 5.32 Å². The van der Waals surface area contributed by atoms with E-state index in [0.717, 1.165) is 25.2 Å². The summed E-state index contributed by atoms with van der Waals surface area (Å²) in [5, 5.41) is 13.2. The minimum atomic E-state index is -0.561. The first kappa shape index (κ1) is 23.2. The van der Waals surface area contributed by atoms with Gasteiger partial charge in [0.2, 0.25) is 5.91 Å². The monoisotopic (exact) mass is 442 g/mol. The largest absolute Gasteiger partial charge is 0.388 e. The van der Waals surface area contributed by atoms with E-state index < -0.39 is 12.1 Å². The molecule has 2 heterocycles. The number of benzene rings is 1. The highest BCUT2D eigenvalue weighted by Crippen LogP contribution is 2.17. The van der Waals surface area contributed by atoms with E-state index in [1.165, 1.54) is 18.0 Å². The minimum absolute atomic E-state index is 0.0458. The predicted octanol–water partition coefficient (Wildman–Crippen LogP) is 1.81. The molecule has 1 saturated heterocycles. The lowest BCUT2D eigenvalue weighted by Crippen LogP contribution is -2.55. The van der Waals surface area contributed by atoms with Crippen LogP contribution in [0.3, 0.4) is 0 Å². The van der Waals surface area contributed by atoms with Crippen molar-refractivity contribution in [2.75, 3.05) is 44.7 Å². The fourth-order valence-electron chi connectivity index (χ4n) is 3.64. The van der Waals surface area contributed by atoms with Gasteiger partial charge in [0.25, 0.3) is 5.91 Å². The molecule has 0 bridgehead atoms. The average molecular weight is 443 g/mol. The summed E-state index contributed by atoms with van der Waals surface area (Å²) in [4.78, 5) is 33.6. The summed E-state index contributed by atoms with van der Waals surface area (Å²) < 4.78 is 0. The number of aliphatic hydroxyl groups is 1. The zero-order chi connectivity index (χ0) is 22.1. The molecule has 1 fully saturated rings. The Hall–Kier alpha value is -2.42. The van der Waals surface area contributed by atoms with Crippen LogP contribution in [0.5, 0.6) is 0 Å². The van der Waals surface area contributed by atoms with E-state index in [-0.39, 0.29) is 11.8 Å². The van der Waals surface area contributed by atoms with Gasteiger partial charge in [-0.05, 0) is 30.4 Å². The van der Waals surface area contributed by atoms with Crippen molar-refractivity contribution in [1.82, 2.24) is 20.1 Å². The Morgan fingerprint density at radius 1 is 1.13 bits per heavy atom. The third-order valence-corrected chi connectivity index (χ3v) is 6.11. The van der Waals surface area contributed by atoms with E-state index in [1.807, 2.05) is 41.5 Å². The number of amides is 2. The molecule has 1 aliphatic rings. The minimum Gasteiger partial charge on any atom is -0.388 e. The molecule has 1 aliphatic heterocycles. The fourth-order valence-corrected chi connectivity index (χ4v) is 4.20. The molecule has 2 amide bonds. The lowest BCUT2D eigenvalue weighted by Gasteiger charge is -2.36. The molecule has 7 nitrogen and oxygen atoms in total. The van der Waals surface area contributed by atoms with Crippen LogP contribution in [0.1, 0.15) is 28.4 Å². The maximum atomic E-state index is 13.0. The Kier molecular flexibility index (Phi) is 8.87. The van der Waals surface area contributed by atoms with Crippen LogP contribution in [0.15, 0.2) is 54.9 Å². The second-order valence-electron chi connectivity index (χ2n) is 7.61. The Morgan fingerprint density at radius 3 is 2.52 bits per heavy atom. The molecule has 166 valence electrons. The van der Waals surface area contributed by atoms with Gasteiger partial charge in [-0.15, -0.1) is 0 Å². The summed E-state index contributed by atoms with van der Waals surface area (Å²) in [5.41, 5.74) is 1.38. The highest BCUT2D eigenvalue weighted by Gasteiger charge is 2.28. The lowest BCUT2D eigenvalue weighted by molar-refractivity contribution is -0.134. The van der Waals surface area contributed by atoms with Gasteiger partial charge in [0.05, 0.1) is 11.7 Å². The molecule has 1 aromatic carbocycles. The van der Waals surface area contributed by atoms with Crippen molar-refractivity contribution in [3.05, 3.63) is 66.0 Å². The van der Waals surface area contributed by atoms with E-state index in [2.05, 4.69) is 15.2 Å². The van der Waals surface area contributed by atoms with Crippen molar-refractivity contribution in [1.29, 1.82) is 0 Å². The van der Waals surface area contributed by atoms with Crippen molar-refractivity contribution in [2.45, 2.75) is 18.6 Å². The number of carbonyl (C=O) groups is 2. The molecule has 8 heteroatoms. The average Bonchev–Trinajstić information content (AvgIpc) is 2.83. The molecule has 2 aromatic rings. The Bertz CT molecular complexity index is 829. The SMILES string of the molecule is CSC[C@H](NC(=O)c1cccnc1)C(=O)N1CCN(CCC(O)c2ccccc2)CC1. The van der Waals surface area contributed by atoms with Gasteiger partial charge in [-0.2, -0.15) is 11.8 Å². The number of nitrogens with one attached hydrogen (secondary N) is 1. The molecule has 0 aliphatic carbocycles. The van der Waals surface area contributed by atoms with Gasteiger partial charge in [-0.3, -0.25) is 19.5 Å². The molecule has 0 spiro atoms. The van der Waals surface area contributed by atoms with E-state index in [9.17, 15) is 14.7 Å². The summed E-state index contributed by atoms with van der Waals surface area (Å²) in [6.45, 7) is 3.54. The van der Waals surface area contributed by atoms with E-state index in [1.54, 1.807) is 18.3 Å². The van der Waals surface area contributed by atoms with Gasteiger partial charge < -0.3 is 15.3 Å². The van der Waals surface area contributed by atoms with Gasteiger partial charge >= 0.3 is 0 Å². The van der Waals surface area contributed by atoms with Gasteiger partial charge in [0.1, 0.15) is 6.04 Å². The smallest absolute Gasteiger partial charge is 0.253 e. The molecule has 2 atom stereocenters. The van der Waals surface area contributed by atoms with Crippen LogP contribution in [-0.4, -0.2) is 82.5 Å². The Balaban J connectivity index is 1.47. The van der Waals surface area contributed by atoms with Gasteiger partial charge in [-0.1, -0.05) is 30.3 Å². The van der Waals surface area contributed by atoms with E-state index in [4.69, 9.17) is 0 Å². The molecule has 2 N–H and O–H groups in total. The van der Waals surface area contributed by atoms with E-state index in [0.29, 0.717) is 30.8 Å². The van der Waals surface area contributed by atoms with Gasteiger partial charge in [-0.25, -0.2) is 0 Å². The summed E-state index contributed by atoms with van der Waals surface area (Å²) in [6.07, 6.45) is 5.22. The molecule has 1 unspecified atom stereocenters. The number of piperazine rings is 1. The van der Waals surface area contributed by atoms with Gasteiger partial charge in [0.15, 0.2) is 0 Å². The number of hydrogen-bond donors (Lipinski definition) is 2. The number of thioether (sulfide) groups is 1.